The van der Waals surface area contributed by atoms with Crippen LogP contribution >= 0.6 is 0 Å². The Morgan fingerprint density at radius 3 is 2.82 bits per heavy atom. The SMILES string of the molecule is Cc1nc(NCc2cnn(Cc3cc(F)ccc3F)c2)nc2c1NC(=O)C(OC(C)C)N2C. The summed E-state index contributed by atoms with van der Waals surface area (Å²) in [4.78, 5) is 23.1. The first-order valence-electron chi connectivity index (χ1n) is 10.5. The van der Waals surface area contributed by atoms with Gasteiger partial charge in [0.1, 0.15) is 17.3 Å². The minimum atomic E-state index is -0.791. The minimum Gasteiger partial charge on any atom is -0.350 e. The van der Waals surface area contributed by atoms with Crippen LogP contribution < -0.4 is 15.5 Å². The van der Waals surface area contributed by atoms with Crippen molar-refractivity contribution in [2.45, 2.75) is 46.2 Å². The van der Waals surface area contributed by atoms with Crippen molar-refractivity contribution >= 4 is 23.4 Å². The monoisotopic (exact) mass is 457 g/mol. The Morgan fingerprint density at radius 2 is 2.06 bits per heavy atom. The van der Waals surface area contributed by atoms with Crippen LogP contribution in [0.4, 0.5) is 26.2 Å². The highest BCUT2D eigenvalue weighted by Crippen LogP contribution is 2.32. The van der Waals surface area contributed by atoms with Gasteiger partial charge in [-0.3, -0.25) is 9.48 Å². The molecule has 0 bridgehead atoms. The lowest BCUT2D eigenvalue weighted by Crippen LogP contribution is -2.49. The molecule has 1 aromatic carbocycles. The summed E-state index contributed by atoms with van der Waals surface area (Å²) in [6.45, 7) is 5.98. The molecule has 1 aliphatic heterocycles. The molecular formula is C22H25F2N7O2. The highest BCUT2D eigenvalue weighted by molar-refractivity contribution is 6.02. The zero-order chi connectivity index (χ0) is 23.7. The van der Waals surface area contributed by atoms with Gasteiger partial charge in [-0.05, 0) is 39.0 Å². The first kappa shape index (κ1) is 22.6. The first-order chi connectivity index (χ1) is 15.7. The van der Waals surface area contributed by atoms with Crippen molar-refractivity contribution in [2.75, 3.05) is 22.6 Å². The van der Waals surface area contributed by atoms with Crippen LogP contribution in [0.2, 0.25) is 0 Å². The van der Waals surface area contributed by atoms with Gasteiger partial charge in [0.25, 0.3) is 5.91 Å². The summed E-state index contributed by atoms with van der Waals surface area (Å²) in [5.41, 5.74) is 2.19. The van der Waals surface area contributed by atoms with Gasteiger partial charge in [0.05, 0.1) is 24.5 Å². The Bertz CT molecular complexity index is 1180. The molecule has 0 spiro atoms. The van der Waals surface area contributed by atoms with Crippen LogP contribution in [0.1, 0.15) is 30.7 Å². The van der Waals surface area contributed by atoms with Gasteiger partial charge in [-0.15, -0.1) is 0 Å². The van der Waals surface area contributed by atoms with Crippen LogP contribution in [0.15, 0.2) is 30.6 Å². The van der Waals surface area contributed by atoms with Gasteiger partial charge >= 0.3 is 0 Å². The lowest BCUT2D eigenvalue weighted by Gasteiger charge is -2.35. The third kappa shape index (κ3) is 4.92. The number of hydrogen-bond donors (Lipinski definition) is 2. The number of aromatic nitrogens is 4. The minimum absolute atomic E-state index is 0.111. The topological polar surface area (TPSA) is 97.2 Å². The molecule has 174 valence electrons. The van der Waals surface area contributed by atoms with Crippen molar-refractivity contribution < 1.29 is 18.3 Å². The first-order valence-corrected chi connectivity index (χ1v) is 10.5. The van der Waals surface area contributed by atoms with E-state index in [1.54, 1.807) is 31.3 Å². The number of ether oxygens (including phenoxy) is 1. The number of nitrogens with zero attached hydrogens (tertiary/aromatic N) is 5. The molecular weight excluding hydrogens is 432 g/mol. The molecule has 1 atom stereocenters. The number of halogens is 2. The number of rotatable bonds is 7. The second kappa shape index (κ2) is 9.10. The van der Waals surface area contributed by atoms with Gasteiger partial charge in [0.15, 0.2) is 5.82 Å². The normalized spacial score (nSPS) is 15.5. The summed E-state index contributed by atoms with van der Waals surface area (Å²) in [5, 5.41) is 10.2. The number of aryl methyl sites for hydroxylation is 1. The summed E-state index contributed by atoms with van der Waals surface area (Å²) in [6.07, 6.45) is 2.44. The maximum absolute atomic E-state index is 13.9. The van der Waals surface area contributed by atoms with Gasteiger partial charge in [0, 0.05) is 30.9 Å². The lowest BCUT2D eigenvalue weighted by atomic mass is 10.2. The van der Waals surface area contributed by atoms with Crippen LogP contribution in [0.3, 0.4) is 0 Å². The lowest BCUT2D eigenvalue weighted by molar-refractivity contribution is -0.130. The molecule has 11 heteroatoms. The van der Waals surface area contributed by atoms with Crippen LogP contribution in [0.25, 0.3) is 0 Å². The average Bonchev–Trinajstić information content (AvgIpc) is 3.20. The molecule has 1 unspecified atom stereocenters. The quantitative estimate of drug-likeness (QED) is 0.563. The molecule has 9 nitrogen and oxygen atoms in total. The molecule has 1 aliphatic rings. The fraction of sp³-hybridized carbons (Fsp3) is 0.364. The highest BCUT2D eigenvalue weighted by Gasteiger charge is 2.34. The Labute approximate surface area is 189 Å². The van der Waals surface area contributed by atoms with E-state index in [1.807, 2.05) is 13.8 Å². The molecule has 2 aromatic heterocycles. The largest absolute Gasteiger partial charge is 0.350 e. The van der Waals surface area contributed by atoms with E-state index in [-0.39, 0.29) is 24.1 Å². The van der Waals surface area contributed by atoms with Gasteiger partial charge in [-0.25, -0.2) is 13.8 Å². The highest BCUT2D eigenvalue weighted by atomic mass is 19.1. The molecule has 0 aliphatic carbocycles. The maximum atomic E-state index is 13.9. The average molecular weight is 457 g/mol. The van der Waals surface area contributed by atoms with Crippen molar-refractivity contribution in [1.29, 1.82) is 0 Å². The van der Waals surface area contributed by atoms with Crippen molar-refractivity contribution in [2.24, 2.45) is 0 Å². The van der Waals surface area contributed by atoms with Gasteiger partial charge in [0.2, 0.25) is 12.2 Å². The van der Waals surface area contributed by atoms with E-state index < -0.39 is 17.9 Å². The van der Waals surface area contributed by atoms with Gasteiger partial charge in [-0.1, -0.05) is 0 Å². The molecule has 0 radical (unpaired) electrons. The summed E-state index contributed by atoms with van der Waals surface area (Å²) in [5.74, 6) is -0.328. The summed E-state index contributed by atoms with van der Waals surface area (Å²) >= 11 is 0. The number of nitrogens with one attached hydrogen (secondary N) is 2. The number of carbonyl (C=O) groups excluding carboxylic acids is 1. The van der Waals surface area contributed by atoms with Crippen LogP contribution in [0, 0.1) is 18.6 Å². The van der Waals surface area contributed by atoms with Crippen molar-refractivity contribution in [3.63, 3.8) is 0 Å². The third-order valence-electron chi connectivity index (χ3n) is 5.11. The number of carbonyl (C=O) groups is 1. The Morgan fingerprint density at radius 1 is 1.27 bits per heavy atom. The Hall–Kier alpha value is -3.60. The molecule has 1 amide bonds. The van der Waals surface area contributed by atoms with Crippen LogP contribution in [-0.4, -0.2) is 45.0 Å². The zero-order valence-corrected chi connectivity index (χ0v) is 18.8. The van der Waals surface area contributed by atoms with Gasteiger partial charge in [-0.2, -0.15) is 10.1 Å². The van der Waals surface area contributed by atoms with E-state index in [4.69, 9.17) is 4.74 Å². The second-order valence-corrected chi connectivity index (χ2v) is 8.10. The molecule has 4 rings (SSSR count). The van der Waals surface area contributed by atoms with Gasteiger partial charge < -0.3 is 20.3 Å². The predicted molar refractivity (Wildman–Crippen MR) is 119 cm³/mol. The predicted octanol–water partition coefficient (Wildman–Crippen LogP) is 3.06. The Kier molecular flexibility index (Phi) is 6.23. The molecule has 0 fully saturated rings. The molecule has 3 heterocycles. The van der Waals surface area contributed by atoms with E-state index >= 15 is 0 Å². The standard InChI is InChI=1S/C22H25F2N7O2/c1-12(2)33-21-20(32)28-18-13(3)27-22(29-19(18)30(21)4)25-8-14-9-26-31(10-14)11-15-7-16(23)5-6-17(15)24/h5-7,9-10,12,21H,8,11H2,1-4H3,(H,28,32)(H,25,27,29). The van der Waals surface area contributed by atoms with E-state index in [0.29, 0.717) is 29.7 Å². The molecule has 33 heavy (non-hydrogen) atoms. The third-order valence-corrected chi connectivity index (χ3v) is 5.11. The molecule has 2 N–H and O–H groups in total. The van der Waals surface area contributed by atoms with E-state index in [2.05, 4.69) is 25.7 Å². The van der Waals surface area contributed by atoms with Crippen LogP contribution in [0.5, 0.6) is 0 Å². The number of fused-ring (bicyclic) bond motifs is 1. The van der Waals surface area contributed by atoms with E-state index in [9.17, 15) is 13.6 Å². The smallest absolute Gasteiger partial charge is 0.274 e. The number of likely N-dealkylation sites (N-methyl/N-ethyl adjacent to an activating group) is 1. The fourth-order valence-corrected chi connectivity index (χ4v) is 3.53. The maximum Gasteiger partial charge on any atom is 0.274 e. The van der Waals surface area contributed by atoms with Crippen molar-refractivity contribution in [3.05, 3.63) is 59.0 Å². The summed E-state index contributed by atoms with van der Waals surface area (Å²) in [7, 11) is 1.75. The van der Waals surface area contributed by atoms with Crippen molar-refractivity contribution in [3.8, 4) is 0 Å². The van der Waals surface area contributed by atoms with E-state index in [0.717, 1.165) is 23.8 Å². The number of benzene rings is 1. The Balaban J connectivity index is 1.47. The summed E-state index contributed by atoms with van der Waals surface area (Å²) in [6, 6.07) is 3.34. The molecule has 3 aromatic rings. The second-order valence-electron chi connectivity index (χ2n) is 8.10. The molecule has 0 saturated heterocycles. The molecule has 0 saturated carbocycles. The number of anilines is 3. The van der Waals surface area contributed by atoms with Crippen molar-refractivity contribution in [1.82, 2.24) is 19.7 Å². The fourth-order valence-electron chi connectivity index (χ4n) is 3.53. The number of amides is 1. The zero-order valence-electron chi connectivity index (χ0n) is 18.8. The van der Waals surface area contributed by atoms with Crippen LogP contribution in [-0.2, 0) is 22.6 Å². The van der Waals surface area contributed by atoms with E-state index in [1.165, 1.54) is 4.68 Å². The summed E-state index contributed by atoms with van der Waals surface area (Å²) < 4.78 is 34.5. The number of hydrogen-bond acceptors (Lipinski definition) is 7.